The first kappa shape index (κ1) is 16.7. The van der Waals surface area contributed by atoms with Gasteiger partial charge in [-0.15, -0.1) is 12.4 Å². The van der Waals surface area contributed by atoms with Crippen molar-refractivity contribution in [3.8, 4) is 0 Å². The molecule has 2 fully saturated rings. The molecule has 5 nitrogen and oxygen atoms in total. The van der Waals surface area contributed by atoms with E-state index in [4.69, 9.17) is 9.47 Å². The third-order valence-corrected chi connectivity index (χ3v) is 3.74. The van der Waals surface area contributed by atoms with Crippen LogP contribution in [0.25, 0.3) is 0 Å². The molecule has 0 aromatic carbocycles. The lowest BCUT2D eigenvalue weighted by molar-refractivity contribution is -0.138. The van der Waals surface area contributed by atoms with E-state index >= 15 is 0 Å². The van der Waals surface area contributed by atoms with Crippen LogP contribution in [0.4, 0.5) is 0 Å². The molecule has 0 aliphatic carbocycles. The molecule has 2 saturated heterocycles. The van der Waals surface area contributed by atoms with Gasteiger partial charge < -0.3 is 19.7 Å². The Morgan fingerprint density at radius 2 is 2.32 bits per heavy atom. The summed E-state index contributed by atoms with van der Waals surface area (Å²) >= 11 is 0. The van der Waals surface area contributed by atoms with Crippen molar-refractivity contribution in [3.63, 3.8) is 0 Å². The largest absolute Gasteiger partial charge is 0.381 e. The summed E-state index contributed by atoms with van der Waals surface area (Å²) in [5, 5.41) is 3.26. The number of carbonyl (C=O) groups excluding carboxylic acids is 1. The molecule has 19 heavy (non-hydrogen) atoms. The molecule has 2 aliphatic heterocycles. The molecule has 1 amide bonds. The first-order chi connectivity index (χ1) is 8.72. The number of amides is 1. The normalized spacial score (nSPS) is 31.1. The first-order valence-corrected chi connectivity index (χ1v) is 6.94. The average Bonchev–Trinajstić information content (AvgIpc) is 2.85. The number of nitrogens with zero attached hydrogens (tertiary/aromatic N) is 1. The van der Waals surface area contributed by atoms with Crippen molar-refractivity contribution in [1.82, 2.24) is 10.2 Å². The summed E-state index contributed by atoms with van der Waals surface area (Å²) in [6.07, 6.45) is 1.02. The standard InChI is InChI=1S/C13H24N2O3.ClH/c1-3-17-9-11-4-6-15(8-11)13(16)12-10(2)18-7-5-14-12;/h10-12,14H,3-9H2,1-2H3;1H/t10-,11?,12+;/m1./s1. The number of likely N-dealkylation sites (tertiary alicyclic amines) is 1. The lowest BCUT2D eigenvalue weighted by atomic mass is 10.1. The summed E-state index contributed by atoms with van der Waals surface area (Å²) in [6.45, 7) is 8.61. The fourth-order valence-electron chi connectivity index (χ4n) is 2.66. The van der Waals surface area contributed by atoms with Gasteiger partial charge in [0.1, 0.15) is 6.04 Å². The molecule has 0 saturated carbocycles. The Labute approximate surface area is 121 Å². The summed E-state index contributed by atoms with van der Waals surface area (Å²) in [7, 11) is 0. The van der Waals surface area contributed by atoms with Crippen molar-refractivity contribution >= 4 is 18.3 Å². The van der Waals surface area contributed by atoms with E-state index in [9.17, 15) is 4.79 Å². The summed E-state index contributed by atoms with van der Waals surface area (Å²) < 4.78 is 11.0. The van der Waals surface area contributed by atoms with Crippen molar-refractivity contribution in [2.45, 2.75) is 32.4 Å². The Balaban J connectivity index is 0.00000180. The highest BCUT2D eigenvalue weighted by molar-refractivity contribution is 5.85. The van der Waals surface area contributed by atoms with E-state index in [0.29, 0.717) is 12.5 Å². The van der Waals surface area contributed by atoms with E-state index in [-0.39, 0.29) is 30.5 Å². The van der Waals surface area contributed by atoms with Crippen LogP contribution in [0.3, 0.4) is 0 Å². The summed E-state index contributed by atoms with van der Waals surface area (Å²) in [6, 6.07) is -0.176. The van der Waals surface area contributed by atoms with Gasteiger partial charge >= 0.3 is 0 Å². The van der Waals surface area contributed by atoms with Crippen molar-refractivity contribution < 1.29 is 14.3 Å². The zero-order valence-electron chi connectivity index (χ0n) is 11.8. The van der Waals surface area contributed by atoms with Crippen LogP contribution < -0.4 is 5.32 Å². The van der Waals surface area contributed by atoms with Crippen LogP contribution in [0.5, 0.6) is 0 Å². The second kappa shape index (κ2) is 8.04. The fraction of sp³-hybridized carbons (Fsp3) is 0.923. The molecule has 0 aromatic rings. The van der Waals surface area contributed by atoms with E-state index in [1.165, 1.54) is 0 Å². The molecule has 112 valence electrons. The summed E-state index contributed by atoms with van der Waals surface area (Å²) in [5.74, 6) is 0.676. The van der Waals surface area contributed by atoms with Crippen LogP contribution in [0.15, 0.2) is 0 Å². The second-order valence-corrected chi connectivity index (χ2v) is 5.11. The second-order valence-electron chi connectivity index (χ2n) is 5.11. The monoisotopic (exact) mass is 292 g/mol. The number of rotatable bonds is 4. The lowest BCUT2D eigenvalue weighted by Crippen LogP contribution is -2.56. The predicted octanol–water partition coefficient (Wildman–Crippen LogP) is 0.670. The molecule has 0 radical (unpaired) electrons. The van der Waals surface area contributed by atoms with Crippen LogP contribution in [0.1, 0.15) is 20.3 Å². The minimum Gasteiger partial charge on any atom is -0.381 e. The molecular formula is C13H25ClN2O3. The molecule has 2 heterocycles. The van der Waals surface area contributed by atoms with Gasteiger partial charge in [-0.1, -0.05) is 0 Å². The van der Waals surface area contributed by atoms with Crippen molar-refractivity contribution in [2.24, 2.45) is 5.92 Å². The van der Waals surface area contributed by atoms with Gasteiger partial charge in [0.2, 0.25) is 5.91 Å². The van der Waals surface area contributed by atoms with Crippen molar-refractivity contribution in [1.29, 1.82) is 0 Å². The van der Waals surface area contributed by atoms with Crippen molar-refractivity contribution in [2.75, 3.05) is 39.5 Å². The zero-order valence-corrected chi connectivity index (χ0v) is 12.6. The number of ether oxygens (including phenoxy) is 2. The van der Waals surface area contributed by atoms with Gasteiger partial charge in [-0.3, -0.25) is 4.79 Å². The van der Waals surface area contributed by atoms with Gasteiger partial charge in [0.05, 0.1) is 19.3 Å². The minimum absolute atomic E-state index is 0. The molecule has 0 aromatic heterocycles. The molecule has 6 heteroatoms. The summed E-state index contributed by atoms with van der Waals surface area (Å²) in [5.41, 5.74) is 0. The highest BCUT2D eigenvalue weighted by Crippen LogP contribution is 2.19. The van der Waals surface area contributed by atoms with Crippen LogP contribution in [0, 0.1) is 5.92 Å². The van der Waals surface area contributed by atoms with E-state index in [1.54, 1.807) is 0 Å². The molecule has 0 bridgehead atoms. The smallest absolute Gasteiger partial charge is 0.242 e. The molecular weight excluding hydrogens is 268 g/mol. The van der Waals surface area contributed by atoms with E-state index in [0.717, 1.165) is 39.3 Å². The van der Waals surface area contributed by atoms with Gasteiger partial charge in [-0.05, 0) is 20.3 Å². The molecule has 0 spiro atoms. The SMILES string of the molecule is CCOCC1CCN(C(=O)[C@H]2NCCO[C@@H]2C)C1.Cl. The maximum Gasteiger partial charge on any atom is 0.242 e. The van der Waals surface area contributed by atoms with E-state index in [2.05, 4.69) is 5.32 Å². The van der Waals surface area contributed by atoms with Gasteiger partial charge in [0, 0.05) is 32.2 Å². The molecule has 2 rings (SSSR count). The molecule has 2 aliphatic rings. The highest BCUT2D eigenvalue weighted by Gasteiger charge is 2.35. The fourth-order valence-corrected chi connectivity index (χ4v) is 2.66. The Kier molecular flexibility index (Phi) is 7.07. The number of hydrogen-bond donors (Lipinski definition) is 1. The number of morpholine rings is 1. The van der Waals surface area contributed by atoms with E-state index in [1.807, 2.05) is 18.7 Å². The molecule has 3 atom stereocenters. The van der Waals surface area contributed by atoms with Crippen LogP contribution >= 0.6 is 12.4 Å². The lowest BCUT2D eigenvalue weighted by Gasteiger charge is -2.32. The van der Waals surface area contributed by atoms with E-state index < -0.39 is 0 Å². The van der Waals surface area contributed by atoms with Gasteiger partial charge in [-0.2, -0.15) is 0 Å². The summed E-state index contributed by atoms with van der Waals surface area (Å²) in [4.78, 5) is 14.3. The van der Waals surface area contributed by atoms with Crippen LogP contribution in [-0.2, 0) is 14.3 Å². The van der Waals surface area contributed by atoms with Crippen LogP contribution in [0.2, 0.25) is 0 Å². The number of carbonyl (C=O) groups is 1. The van der Waals surface area contributed by atoms with Gasteiger partial charge in [0.15, 0.2) is 0 Å². The predicted molar refractivity (Wildman–Crippen MR) is 75.6 cm³/mol. The number of hydrogen-bond acceptors (Lipinski definition) is 4. The van der Waals surface area contributed by atoms with Crippen LogP contribution in [-0.4, -0.2) is 62.4 Å². The Hall–Kier alpha value is -0.360. The van der Waals surface area contributed by atoms with Gasteiger partial charge in [0.25, 0.3) is 0 Å². The third-order valence-electron chi connectivity index (χ3n) is 3.74. The molecule has 1 N–H and O–H groups in total. The maximum atomic E-state index is 12.4. The Morgan fingerprint density at radius 1 is 1.53 bits per heavy atom. The topological polar surface area (TPSA) is 50.8 Å². The Bertz CT molecular complexity index is 291. The number of halogens is 1. The zero-order chi connectivity index (χ0) is 13.0. The highest BCUT2D eigenvalue weighted by atomic mass is 35.5. The average molecular weight is 293 g/mol. The first-order valence-electron chi connectivity index (χ1n) is 6.94. The Morgan fingerprint density at radius 3 is 3.00 bits per heavy atom. The van der Waals surface area contributed by atoms with Gasteiger partial charge in [-0.25, -0.2) is 0 Å². The van der Waals surface area contributed by atoms with Crippen molar-refractivity contribution in [3.05, 3.63) is 0 Å². The minimum atomic E-state index is -0.176. The third kappa shape index (κ3) is 4.31. The quantitative estimate of drug-likeness (QED) is 0.827. The maximum absolute atomic E-state index is 12.4. The number of nitrogens with one attached hydrogen (secondary N) is 1. The molecule has 1 unspecified atom stereocenters.